The Labute approximate surface area is 156 Å². The van der Waals surface area contributed by atoms with Crippen molar-refractivity contribution in [2.75, 3.05) is 12.4 Å². The molecule has 1 N–H and O–H groups in total. The highest BCUT2D eigenvalue weighted by atomic mass is 35.5. The van der Waals surface area contributed by atoms with Crippen molar-refractivity contribution in [2.45, 2.75) is 37.5 Å². The zero-order valence-electron chi connectivity index (χ0n) is 14.2. The van der Waals surface area contributed by atoms with Gasteiger partial charge in [-0.1, -0.05) is 30.3 Å². The van der Waals surface area contributed by atoms with Crippen LogP contribution < -0.4 is 5.32 Å². The monoisotopic (exact) mass is 377 g/mol. The van der Waals surface area contributed by atoms with E-state index < -0.39 is 11.3 Å². The Balaban J connectivity index is 1.93. The van der Waals surface area contributed by atoms with Gasteiger partial charge in [0.25, 0.3) is 0 Å². The van der Waals surface area contributed by atoms with Crippen molar-refractivity contribution in [2.24, 2.45) is 0 Å². The average molecular weight is 378 g/mol. The normalized spacial score (nSPS) is 17.5. The van der Waals surface area contributed by atoms with Gasteiger partial charge in [0.05, 0.1) is 12.7 Å². The molecule has 6 heteroatoms. The highest BCUT2D eigenvalue weighted by Crippen LogP contribution is 2.42. The van der Waals surface area contributed by atoms with Gasteiger partial charge in [0, 0.05) is 4.88 Å². The van der Waals surface area contributed by atoms with Crippen LogP contribution in [-0.2, 0) is 22.4 Å². The minimum Gasteiger partial charge on any atom is -0.465 e. The van der Waals surface area contributed by atoms with Crippen molar-refractivity contribution in [1.29, 1.82) is 0 Å². The number of alkyl halides is 1. The summed E-state index contributed by atoms with van der Waals surface area (Å²) in [5.41, 5.74) is 2.79. The van der Waals surface area contributed by atoms with Crippen LogP contribution in [-0.4, -0.2) is 24.4 Å². The summed E-state index contributed by atoms with van der Waals surface area (Å²) in [4.78, 5) is 25.4. The van der Waals surface area contributed by atoms with Crippen LogP contribution in [0.2, 0.25) is 0 Å². The largest absolute Gasteiger partial charge is 0.465 e. The molecular weight excluding hydrogens is 358 g/mol. The quantitative estimate of drug-likeness (QED) is 0.635. The second-order valence-corrected chi connectivity index (χ2v) is 7.91. The van der Waals surface area contributed by atoms with Gasteiger partial charge in [-0.15, -0.1) is 22.9 Å². The lowest BCUT2D eigenvalue weighted by Gasteiger charge is -2.22. The molecule has 1 heterocycles. The molecule has 0 saturated carbocycles. The van der Waals surface area contributed by atoms with Gasteiger partial charge in [0.15, 0.2) is 0 Å². The number of anilines is 1. The Morgan fingerprint density at radius 3 is 2.68 bits per heavy atom. The van der Waals surface area contributed by atoms with E-state index >= 15 is 0 Å². The van der Waals surface area contributed by atoms with Gasteiger partial charge >= 0.3 is 5.97 Å². The Kier molecular flexibility index (Phi) is 5.45. The Bertz CT molecular complexity index is 785. The summed E-state index contributed by atoms with van der Waals surface area (Å²) in [6.07, 6.45) is 2.62. The second kappa shape index (κ2) is 7.58. The SMILES string of the molecule is COC(=O)c1c(NC(=O)[C@H](C)Cl)sc2c1CC[C@H](c1ccccc1)C2. The second-order valence-electron chi connectivity index (χ2n) is 6.16. The van der Waals surface area contributed by atoms with Gasteiger partial charge in [-0.25, -0.2) is 4.79 Å². The lowest BCUT2D eigenvalue weighted by molar-refractivity contribution is -0.115. The van der Waals surface area contributed by atoms with Gasteiger partial charge in [0.1, 0.15) is 10.4 Å². The number of rotatable bonds is 4. The average Bonchev–Trinajstić information content (AvgIpc) is 2.98. The van der Waals surface area contributed by atoms with E-state index in [1.165, 1.54) is 24.0 Å². The molecule has 4 nitrogen and oxygen atoms in total. The van der Waals surface area contributed by atoms with Crippen molar-refractivity contribution in [3.05, 3.63) is 51.9 Å². The number of esters is 1. The van der Waals surface area contributed by atoms with Crippen molar-refractivity contribution in [3.8, 4) is 0 Å². The summed E-state index contributed by atoms with van der Waals surface area (Å²) in [6.45, 7) is 1.60. The molecule has 0 unspecified atom stereocenters. The van der Waals surface area contributed by atoms with E-state index in [4.69, 9.17) is 16.3 Å². The molecule has 1 aromatic heterocycles. The zero-order valence-corrected chi connectivity index (χ0v) is 15.7. The number of ether oxygens (including phenoxy) is 1. The molecule has 0 fully saturated rings. The lowest BCUT2D eigenvalue weighted by atomic mass is 9.83. The van der Waals surface area contributed by atoms with E-state index in [-0.39, 0.29) is 5.91 Å². The first-order valence-electron chi connectivity index (χ1n) is 8.24. The molecule has 132 valence electrons. The van der Waals surface area contributed by atoms with E-state index in [0.717, 1.165) is 29.7 Å². The molecule has 25 heavy (non-hydrogen) atoms. The number of amides is 1. The van der Waals surface area contributed by atoms with Crippen molar-refractivity contribution < 1.29 is 14.3 Å². The van der Waals surface area contributed by atoms with Crippen LogP contribution in [0.25, 0.3) is 0 Å². The van der Waals surface area contributed by atoms with Crippen LogP contribution in [0.5, 0.6) is 0 Å². The van der Waals surface area contributed by atoms with Crippen LogP contribution in [0, 0.1) is 0 Å². The van der Waals surface area contributed by atoms with Gasteiger partial charge in [-0.05, 0) is 43.2 Å². The zero-order chi connectivity index (χ0) is 18.0. The van der Waals surface area contributed by atoms with Crippen molar-refractivity contribution >= 4 is 39.8 Å². The number of carbonyl (C=O) groups excluding carboxylic acids is 2. The number of hydrogen-bond donors (Lipinski definition) is 1. The van der Waals surface area contributed by atoms with Gasteiger partial charge in [0.2, 0.25) is 5.91 Å². The molecule has 2 aromatic rings. The third kappa shape index (κ3) is 3.72. The first-order chi connectivity index (χ1) is 12.0. The minimum absolute atomic E-state index is 0.315. The van der Waals surface area contributed by atoms with Gasteiger partial charge < -0.3 is 10.1 Å². The van der Waals surface area contributed by atoms with Crippen LogP contribution in [0.4, 0.5) is 5.00 Å². The Morgan fingerprint density at radius 1 is 1.32 bits per heavy atom. The number of carbonyl (C=O) groups is 2. The Hall–Kier alpha value is -1.85. The fourth-order valence-corrected chi connectivity index (χ4v) is 4.59. The molecule has 0 saturated heterocycles. The molecule has 1 amide bonds. The highest BCUT2D eigenvalue weighted by Gasteiger charge is 2.30. The molecule has 1 aromatic carbocycles. The third-order valence-corrected chi connectivity index (χ3v) is 5.89. The lowest BCUT2D eigenvalue weighted by Crippen LogP contribution is -2.21. The predicted molar refractivity (Wildman–Crippen MR) is 101 cm³/mol. The topological polar surface area (TPSA) is 55.4 Å². The first-order valence-corrected chi connectivity index (χ1v) is 9.49. The number of fused-ring (bicyclic) bond motifs is 1. The summed E-state index contributed by atoms with van der Waals surface area (Å²) in [7, 11) is 1.36. The fourth-order valence-electron chi connectivity index (χ4n) is 3.21. The molecule has 2 atom stereocenters. The third-order valence-electron chi connectivity index (χ3n) is 4.52. The van der Waals surface area contributed by atoms with Crippen molar-refractivity contribution in [1.82, 2.24) is 0 Å². The molecule has 0 spiro atoms. The predicted octanol–water partition coefficient (Wildman–Crippen LogP) is 4.37. The Morgan fingerprint density at radius 2 is 2.04 bits per heavy atom. The maximum Gasteiger partial charge on any atom is 0.341 e. The maximum absolute atomic E-state index is 12.3. The van der Waals surface area contributed by atoms with Crippen LogP contribution >= 0.6 is 22.9 Å². The van der Waals surface area contributed by atoms with E-state index in [9.17, 15) is 9.59 Å². The van der Waals surface area contributed by atoms with Crippen LogP contribution in [0.1, 0.15) is 45.6 Å². The van der Waals surface area contributed by atoms with Gasteiger partial charge in [-0.2, -0.15) is 0 Å². The maximum atomic E-state index is 12.3. The summed E-state index contributed by atoms with van der Waals surface area (Å²) in [6, 6.07) is 10.4. The number of hydrogen-bond acceptors (Lipinski definition) is 4. The van der Waals surface area contributed by atoms with Crippen LogP contribution in [0.15, 0.2) is 30.3 Å². The molecule has 1 aliphatic rings. The molecule has 0 bridgehead atoms. The molecule has 0 aliphatic heterocycles. The van der Waals surface area contributed by atoms with Crippen LogP contribution in [0.3, 0.4) is 0 Å². The number of methoxy groups -OCH3 is 1. The summed E-state index contributed by atoms with van der Waals surface area (Å²) >= 11 is 7.31. The van der Waals surface area contributed by atoms with E-state index in [2.05, 4.69) is 17.4 Å². The van der Waals surface area contributed by atoms with E-state index in [0.29, 0.717) is 16.5 Å². The smallest absolute Gasteiger partial charge is 0.341 e. The number of nitrogens with one attached hydrogen (secondary N) is 1. The fraction of sp³-hybridized carbons (Fsp3) is 0.368. The molecule has 0 radical (unpaired) electrons. The minimum atomic E-state index is -0.665. The molecule has 1 aliphatic carbocycles. The number of thiophene rings is 1. The standard InChI is InChI=1S/C19H20ClNO3S/c1-11(20)17(22)21-18-16(19(23)24-2)14-9-8-13(10-15(14)25-18)12-6-4-3-5-7-12/h3-7,11,13H,8-10H2,1-2H3,(H,21,22)/t11-,13-/m0/s1. The first kappa shape index (κ1) is 18.0. The number of benzene rings is 1. The van der Waals surface area contributed by atoms with E-state index in [1.807, 2.05) is 18.2 Å². The van der Waals surface area contributed by atoms with E-state index in [1.54, 1.807) is 6.92 Å². The van der Waals surface area contributed by atoms with Gasteiger partial charge in [-0.3, -0.25) is 4.79 Å². The molecular formula is C19H20ClNO3S. The summed E-state index contributed by atoms with van der Waals surface area (Å²) < 4.78 is 4.94. The highest BCUT2D eigenvalue weighted by molar-refractivity contribution is 7.17. The number of halogens is 1. The molecule has 3 rings (SSSR count). The van der Waals surface area contributed by atoms with Crippen molar-refractivity contribution in [3.63, 3.8) is 0 Å². The summed E-state index contributed by atoms with van der Waals surface area (Å²) in [5, 5.41) is 2.66. The summed E-state index contributed by atoms with van der Waals surface area (Å²) in [5.74, 6) is -0.299.